The third-order valence-corrected chi connectivity index (χ3v) is 20.6. The number of hydrogen-bond acceptors (Lipinski definition) is 38. The van der Waals surface area contributed by atoms with E-state index < -0.39 is 199 Å². The molecule has 0 spiro atoms. The van der Waals surface area contributed by atoms with Crippen molar-refractivity contribution in [1.82, 2.24) is 33.6 Å². The molecule has 0 aromatic heterocycles. The Labute approximate surface area is 609 Å². The van der Waals surface area contributed by atoms with Gasteiger partial charge in [0.15, 0.2) is 37.7 Å². The van der Waals surface area contributed by atoms with Crippen LogP contribution in [0, 0.1) is 0 Å². The van der Waals surface area contributed by atoms with Gasteiger partial charge in [0.05, 0.1) is 74.4 Å². The molecule has 3 saturated carbocycles. The van der Waals surface area contributed by atoms with Gasteiger partial charge < -0.3 is 199 Å². The van der Waals surface area contributed by atoms with E-state index in [4.69, 9.17) is 139 Å². The Kier molecular flexibility index (Phi) is 38.4. The first-order valence-corrected chi connectivity index (χ1v) is 39.9. The van der Waals surface area contributed by atoms with Crippen molar-refractivity contribution < 1.29 is 119 Å². The second kappa shape index (κ2) is 41.7. The maximum absolute atomic E-state index is 11.1. The zero-order valence-electron chi connectivity index (χ0n) is 59.7. The predicted molar refractivity (Wildman–Crippen MR) is 367 cm³/mol. The summed E-state index contributed by atoms with van der Waals surface area (Å²) in [6.07, 6.45) is -13.3. The molecule has 9 fully saturated rings. The van der Waals surface area contributed by atoms with Gasteiger partial charge in [0.2, 0.25) is 0 Å². The molecule has 0 unspecified atom stereocenters. The Morgan fingerprint density at radius 3 is 0.950 bits per heavy atom. The summed E-state index contributed by atoms with van der Waals surface area (Å²) in [7, 11) is 16.5. The van der Waals surface area contributed by atoms with Gasteiger partial charge in [-0.2, -0.15) is 0 Å². The first-order valence-electron chi connectivity index (χ1n) is 34.2. The van der Waals surface area contributed by atoms with Crippen LogP contribution in [0.25, 0.3) is 0 Å². The van der Waals surface area contributed by atoms with E-state index in [-0.39, 0.29) is 80.6 Å². The average molecular weight is 1690 g/mol. The Hall–Kier alpha value is -0.252. The number of nitrogens with one attached hydrogen (secondary N) is 4. The number of nitrogens with two attached hydrogens (primary N) is 11. The Morgan fingerprint density at radius 2 is 0.683 bits per heavy atom. The van der Waals surface area contributed by atoms with Crippen LogP contribution in [-0.4, -0.2) is 331 Å². The third-order valence-electron chi connectivity index (χ3n) is 20.6. The molecule has 41 N–H and O–H groups in total. The maximum atomic E-state index is 11.1. The summed E-state index contributed by atoms with van der Waals surface area (Å²) in [4.78, 5) is 0. The minimum absolute atomic E-state index is 0. The van der Waals surface area contributed by atoms with Crippen LogP contribution in [0.1, 0.15) is 92.4 Å². The van der Waals surface area contributed by atoms with E-state index >= 15 is 0 Å². The van der Waals surface area contributed by atoms with Crippen LogP contribution < -0.4 is 96.6 Å². The van der Waals surface area contributed by atoms with E-state index in [0.717, 1.165) is 19.3 Å². The molecule has 9 rings (SSSR count). The van der Waals surface area contributed by atoms with Gasteiger partial charge in [0.1, 0.15) is 90.1 Å². The van der Waals surface area contributed by atoms with E-state index in [1.165, 1.54) is 0 Å². The van der Waals surface area contributed by atoms with Crippen molar-refractivity contribution in [1.29, 1.82) is 0 Å². The fraction of sp³-hybridized carbons (Fsp3) is 1.00. The first kappa shape index (κ1) is 93.1. The Bertz CT molecular complexity index is 2360. The standard InChI is InChI=1S/C21H43N5O7.C20H41N5O7.C19H39N5O7.2ClH.2H3N.Pt/c1-9(25-3)13-6-5-10(22)19(31-13)32-16-11(23)7-12(24)17(14(16)27)33-20-15(28)18(26-4)21(2,29)8-30-20;1-8(21)12-5-4-9(22)18(30-12)31-15-10(23)6-11(24)16(13(15)26)32-19-14(27)17(25-3)20(2,28)7-29-19;1-19(27)7-28-18(13(26)16(19)24-2)31-15-11(23)5-10(22)14(12(15)25)30-17-9(21)4-3-8(6-20)29-17;;;;;/h9-20,25-29H,5-8,22-24H2,1-4H3;8-19,25-28H,4-7,21-24H2,1-3H3;8-18,24-27H,3-7,20-23H2,1-2H3;2*1H;2*1H3;/q;;;;;;;+2/p-2/t9-,10-,11+,12-,13+,14+,15-,16-,17+,18-,19-,20-,21+;8-,9-,10+,11-,12+,13+,14-,15-,16+,17-,18-,19-,20+;8-,9+,10-,11+,12-,13+,14+,15-,16+,17+,18+,19-;;;;;/m110...../s1. The SMILES string of the molecule is CN[C@@H]1[C@@H](O)[C@@H](O[C@@H]2[C@@H](O)[C@H](O[C@H]3O[C@H](CN)CC[C@H]3N)[C@@H](N)C[C@H]2N)OC[C@]1(C)O.CN[C@@H]1[C@@H](O)[C@@H](O[C@@H]2[C@@H](O)[C@H](O[C@H]3O[C@H]([C@@H](C)N)CC[C@H]3N)[C@@H](N)C[C@H]2N)OC[C@]1(C)O.CN[C@@H]1[C@@H](O)[C@@H](O[C@@H]2[C@@H](O)[C@H](O[C@H]3O[C@H]([C@@H](C)NC)CC[C@H]3N)[C@@H](N)C[C@H]2N)OC[C@]1(C)O.N.N.[Cl][Pt][Cl]. The number of halogens is 2. The normalized spacial score (nSPS) is 48.7. The number of ether oxygens (including phenoxy) is 12. The molecule has 38 atom stereocenters. The van der Waals surface area contributed by atoms with Crippen molar-refractivity contribution in [3.8, 4) is 0 Å². The van der Waals surface area contributed by atoms with Crippen LogP contribution in [0.2, 0.25) is 0 Å². The second-order valence-corrected chi connectivity index (χ2v) is 32.1. The zero-order valence-corrected chi connectivity index (χ0v) is 63.4. The fourth-order valence-corrected chi connectivity index (χ4v) is 14.6. The van der Waals surface area contributed by atoms with E-state index in [9.17, 15) is 46.0 Å². The van der Waals surface area contributed by atoms with E-state index in [2.05, 4.69) is 21.3 Å². The molecule has 0 bridgehead atoms. The minimum atomic E-state index is -1.29. The summed E-state index contributed by atoms with van der Waals surface area (Å²) in [5.41, 5.74) is 63.8. The summed E-state index contributed by atoms with van der Waals surface area (Å²) in [5, 5.41) is 108. The number of aliphatic hydroxyl groups excluding tert-OH is 6. The van der Waals surface area contributed by atoms with Crippen LogP contribution in [0.15, 0.2) is 0 Å². The van der Waals surface area contributed by atoms with Gasteiger partial charge in [-0.25, -0.2) is 0 Å². The van der Waals surface area contributed by atoms with Gasteiger partial charge in [-0.15, -0.1) is 0 Å². The fourth-order valence-electron chi connectivity index (χ4n) is 14.6. The summed E-state index contributed by atoms with van der Waals surface area (Å²) in [5.74, 6) is 0. The molecule has 9 aliphatic rings. The van der Waals surface area contributed by atoms with Crippen molar-refractivity contribution in [3.05, 3.63) is 0 Å². The first-order chi connectivity index (χ1) is 46.4. The molecular weight excluding hydrogens is 1560 g/mol. The van der Waals surface area contributed by atoms with E-state index in [1.54, 1.807) is 41.9 Å². The molecule has 604 valence electrons. The van der Waals surface area contributed by atoms with Crippen LogP contribution in [0.5, 0.6) is 0 Å². The summed E-state index contributed by atoms with van der Waals surface area (Å²) in [6.45, 7) is 8.70. The molecule has 101 heavy (non-hydrogen) atoms. The summed E-state index contributed by atoms with van der Waals surface area (Å²) in [6, 6.07) is -6.84. The van der Waals surface area contributed by atoms with Gasteiger partial charge in [0, 0.05) is 54.9 Å². The van der Waals surface area contributed by atoms with E-state index in [0.29, 0.717) is 45.1 Å². The molecule has 38 nitrogen and oxygen atoms in total. The molecule has 6 heterocycles. The molecule has 6 aliphatic heterocycles. The van der Waals surface area contributed by atoms with E-state index in [1.807, 2.05) is 20.9 Å². The average Bonchev–Trinajstić information content (AvgIpc) is 0.782. The molecule has 0 amide bonds. The summed E-state index contributed by atoms with van der Waals surface area (Å²) < 4.78 is 70.4. The van der Waals surface area contributed by atoms with Gasteiger partial charge in [-0.05, 0) is 121 Å². The van der Waals surface area contributed by atoms with Crippen LogP contribution in [0.3, 0.4) is 0 Å². The Balaban J connectivity index is 0.000000312. The van der Waals surface area contributed by atoms with Crippen LogP contribution in [0.4, 0.5) is 0 Å². The number of likely N-dealkylation sites (N-methyl/N-ethyl adjacent to an activating group) is 4. The molecule has 41 heteroatoms. The number of aliphatic hydroxyl groups is 9. The van der Waals surface area contributed by atoms with Crippen molar-refractivity contribution in [2.24, 2.45) is 63.1 Å². The molecule has 0 aromatic rings. The van der Waals surface area contributed by atoms with Crippen molar-refractivity contribution in [3.63, 3.8) is 0 Å². The molecule has 3 aliphatic carbocycles. The monoisotopic (exact) mass is 1690 g/mol. The van der Waals surface area contributed by atoms with Crippen molar-refractivity contribution >= 4 is 18.8 Å². The van der Waals surface area contributed by atoms with Crippen molar-refractivity contribution in [2.45, 2.75) is 323 Å². The molecular formula is C60H129Cl2N17O21Pt. The summed E-state index contributed by atoms with van der Waals surface area (Å²) >= 11 is -0.472. The molecule has 0 radical (unpaired) electrons. The zero-order chi connectivity index (χ0) is 73.9. The third kappa shape index (κ3) is 23.6. The van der Waals surface area contributed by atoms with Gasteiger partial charge in [-0.3, -0.25) is 0 Å². The van der Waals surface area contributed by atoms with Gasteiger partial charge in [0.25, 0.3) is 0 Å². The molecule has 6 saturated heterocycles. The topological polar surface area (TPSA) is 697 Å². The van der Waals surface area contributed by atoms with Gasteiger partial charge in [-0.1, -0.05) is 0 Å². The second-order valence-electron chi connectivity index (χ2n) is 28.8. The Morgan fingerprint density at radius 1 is 0.426 bits per heavy atom. The number of rotatable bonds is 19. The van der Waals surface area contributed by atoms with Crippen LogP contribution >= 0.6 is 18.8 Å². The van der Waals surface area contributed by atoms with Crippen molar-refractivity contribution in [2.75, 3.05) is 54.6 Å². The predicted octanol–water partition coefficient (Wildman–Crippen LogP) is -9.19. The van der Waals surface area contributed by atoms with Crippen LogP contribution in [-0.2, 0) is 73.3 Å². The van der Waals surface area contributed by atoms with Gasteiger partial charge >= 0.3 is 35.3 Å². The molecule has 0 aromatic carbocycles. The quantitative estimate of drug-likeness (QED) is 0.0571. The number of hydrogen-bond donors (Lipinski definition) is 26.